The minimum atomic E-state index is -0.501. The molecular weight excluding hydrogens is 262 g/mol. The van der Waals surface area contributed by atoms with Gasteiger partial charge in [-0.2, -0.15) is 0 Å². The van der Waals surface area contributed by atoms with Crippen LogP contribution in [0.3, 0.4) is 0 Å². The molecule has 0 saturated heterocycles. The lowest BCUT2D eigenvalue weighted by Crippen LogP contribution is -2.36. The average molecular weight is 291 g/mol. The third-order valence-electron chi connectivity index (χ3n) is 2.41. The summed E-state index contributed by atoms with van der Waals surface area (Å²) in [6, 6.07) is -0.501. The molecule has 0 aromatic rings. The van der Waals surface area contributed by atoms with Gasteiger partial charge in [0.2, 0.25) is 0 Å². The highest BCUT2D eigenvalue weighted by atomic mass is 16.5. The fourth-order valence-electron chi connectivity index (χ4n) is 1.33. The van der Waals surface area contributed by atoms with E-state index in [9.17, 15) is 4.79 Å². The normalized spacial score (nSPS) is 10.7. The smallest absolute Gasteiger partial charge is 0.312 e. The summed E-state index contributed by atoms with van der Waals surface area (Å²) in [5.41, 5.74) is 4.92. The maximum atomic E-state index is 10.4. The number of hydrogen-bond donors (Lipinski definition) is 3. The Hall–Kier alpha value is -0.890. The number of ether oxygens (including phenoxy) is 3. The van der Waals surface area contributed by atoms with Crippen molar-refractivity contribution >= 4 is 6.03 Å². The molecule has 7 heteroatoms. The molecule has 0 bridgehead atoms. The number of amides is 2. The lowest BCUT2D eigenvalue weighted by molar-refractivity contribution is 0.0147. The average Bonchev–Trinajstić information content (AvgIpc) is 2.43. The Bertz CT molecular complexity index is 218. The second kappa shape index (κ2) is 16.2. The summed E-state index contributed by atoms with van der Waals surface area (Å²) in [6.07, 6.45) is 2.26. The highest BCUT2D eigenvalue weighted by molar-refractivity contribution is 5.71. The number of nitrogens with two attached hydrogens (primary N) is 1. The van der Waals surface area contributed by atoms with Crippen molar-refractivity contribution in [2.24, 2.45) is 5.73 Å². The molecule has 0 aliphatic carbocycles. The standard InChI is InChI=1S/C13H29N3O4/c1-2-3-7-18-9-11-20-12-10-19-8-6-15-4-5-16-13(14)17/h15H,2-12H2,1H3,(H3,14,16,17). The van der Waals surface area contributed by atoms with Gasteiger partial charge in [-0.05, 0) is 6.42 Å². The number of nitrogens with one attached hydrogen (secondary N) is 2. The first-order valence-electron chi connectivity index (χ1n) is 7.24. The van der Waals surface area contributed by atoms with Crippen LogP contribution >= 0.6 is 0 Å². The van der Waals surface area contributed by atoms with Gasteiger partial charge in [0.1, 0.15) is 0 Å². The summed E-state index contributed by atoms with van der Waals surface area (Å²) in [6.45, 7) is 7.93. The van der Waals surface area contributed by atoms with Crippen LogP contribution in [0.5, 0.6) is 0 Å². The van der Waals surface area contributed by atoms with Gasteiger partial charge in [0, 0.05) is 26.2 Å². The first kappa shape index (κ1) is 19.1. The van der Waals surface area contributed by atoms with E-state index in [1.54, 1.807) is 0 Å². The van der Waals surface area contributed by atoms with E-state index in [4.69, 9.17) is 19.9 Å². The van der Waals surface area contributed by atoms with Crippen LogP contribution in [0.25, 0.3) is 0 Å². The molecule has 0 rings (SSSR count). The fraction of sp³-hybridized carbons (Fsp3) is 0.923. The molecule has 0 unspecified atom stereocenters. The van der Waals surface area contributed by atoms with E-state index in [2.05, 4.69) is 17.6 Å². The first-order chi connectivity index (χ1) is 9.77. The zero-order valence-electron chi connectivity index (χ0n) is 12.5. The SMILES string of the molecule is CCCCOCCOCCOCCNCCNC(N)=O. The van der Waals surface area contributed by atoms with E-state index in [0.717, 1.165) is 26.0 Å². The lowest BCUT2D eigenvalue weighted by atomic mass is 10.4. The number of carbonyl (C=O) groups is 1. The Morgan fingerprint density at radius 1 is 0.900 bits per heavy atom. The topological polar surface area (TPSA) is 94.8 Å². The molecule has 0 aromatic heterocycles. The van der Waals surface area contributed by atoms with E-state index >= 15 is 0 Å². The van der Waals surface area contributed by atoms with Gasteiger partial charge in [0.25, 0.3) is 0 Å². The first-order valence-corrected chi connectivity index (χ1v) is 7.24. The molecule has 120 valence electrons. The number of hydrogen-bond acceptors (Lipinski definition) is 5. The van der Waals surface area contributed by atoms with Crippen molar-refractivity contribution in [2.75, 3.05) is 59.3 Å². The second-order valence-electron chi connectivity index (χ2n) is 4.23. The van der Waals surface area contributed by atoms with Gasteiger partial charge in [-0.3, -0.25) is 0 Å². The van der Waals surface area contributed by atoms with Crippen molar-refractivity contribution in [3.8, 4) is 0 Å². The van der Waals surface area contributed by atoms with Gasteiger partial charge < -0.3 is 30.6 Å². The predicted octanol–water partition coefficient (Wildman–Crippen LogP) is 0.0942. The second-order valence-corrected chi connectivity index (χ2v) is 4.23. The third kappa shape index (κ3) is 17.1. The van der Waals surface area contributed by atoms with Gasteiger partial charge in [-0.25, -0.2) is 4.79 Å². The highest BCUT2D eigenvalue weighted by Gasteiger charge is 1.93. The Balaban J connectivity index is 2.94. The molecule has 0 aromatic carbocycles. The minimum Gasteiger partial charge on any atom is -0.379 e. The maximum absolute atomic E-state index is 10.4. The van der Waals surface area contributed by atoms with Crippen molar-refractivity contribution in [1.82, 2.24) is 10.6 Å². The van der Waals surface area contributed by atoms with Gasteiger partial charge in [-0.1, -0.05) is 13.3 Å². The molecule has 0 atom stereocenters. The van der Waals surface area contributed by atoms with E-state index in [1.807, 2.05) is 0 Å². The predicted molar refractivity (Wildman–Crippen MR) is 77.8 cm³/mol. The molecule has 0 spiro atoms. The van der Waals surface area contributed by atoms with Crippen LogP contribution in [-0.2, 0) is 14.2 Å². The van der Waals surface area contributed by atoms with Crippen molar-refractivity contribution in [3.63, 3.8) is 0 Å². The fourth-order valence-corrected chi connectivity index (χ4v) is 1.33. The largest absolute Gasteiger partial charge is 0.379 e. The van der Waals surface area contributed by atoms with Crippen molar-refractivity contribution in [3.05, 3.63) is 0 Å². The summed E-state index contributed by atoms with van der Waals surface area (Å²) in [4.78, 5) is 10.4. The van der Waals surface area contributed by atoms with Crippen molar-refractivity contribution in [1.29, 1.82) is 0 Å². The van der Waals surface area contributed by atoms with Gasteiger partial charge in [-0.15, -0.1) is 0 Å². The quantitative estimate of drug-likeness (QED) is 0.372. The van der Waals surface area contributed by atoms with Crippen LogP contribution in [0.1, 0.15) is 19.8 Å². The number of rotatable bonds is 15. The monoisotopic (exact) mass is 291 g/mol. The Morgan fingerprint density at radius 3 is 2.10 bits per heavy atom. The molecule has 4 N–H and O–H groups in total. The van der Waals surface area contributed by atoms with Crippen molar-refractivity contribution < 1.29 is 19.0 Å². The molecule has 7 nitrogen and oxygen atoms in total. The van der Waals surface area contributed by atoms with Gasteiger partial charge >= 0.3 is 6.03 Å². The van der Waals surface area contributed by atoms with E-state index in [-0.39, 0.29) is 0 Å². The van der Waals surface area contributed by atoms with Crippen LogP contribution in [0.4, 0.5) is 4.79 Å². The molecular formula is C13H29N3O4. The lowest BCUT2D eigenvalue weighted by Gasteiger charge is -2.07. The summed E-state index contributed by atoms with van der Waals surface area (Å²) < 4.78 is 16.1. The van der Waals surface area contributed by atoms with Crippen LogP contribution in [0, 0.1) is 0 Å². The Morgan fingerprint density at radius 2 is 1.50 bits per heavy atom. The number of urea groups is 1. The van der Waals surface area contributed by atoms with Gasteiger partial charge in [0.05, 0.1) is 33.0 Å². The molecule has 2 amide bonds. The molecule has 0 aliphatic heterocycles. The number of carbonyl (C=O) groups excluding carboxylic acids is 1. The zero-order valence-corrected chi connectivity index (χ0v) is 12.5. The Kier molecular flexibility index (Phi) is 15.4. The molecule has 20 heavy (non-hydrogen) atoms. The van der Waals surface area contributed by atoms with Gasteiger partial charge in [0.15, 0.2) is 0 Å². The van der Waals surface area contributed by atoms with E-state index < -0.39 is 6.03 Å². The van der Waals surface area contributed by atoms with Crippen LogP contribution < -0.4 is 16.4 Å². The number of unbranched alkanes of at least 4 members (excludes halogenated alkanes) is 1. The molecule has 0 saturated carbocycles. The summed E-state index contributed by atoms with van der Waals surface area (Å²) >= 11 is 0. The summed E-state index contributed by atoms with van der Waals surface area (Å²) in [5, 5.41) is 5.61. The maximum Gasteiger partial charge on any atom is 0.312 e. The van der Waals surface area contributed by atoms with E-state index in [0.29, 0.717) is 46.1 Å². The molecule has 0 radical (unpaired) electrons. The molecule has 0 heterocycles. The van der Waals surface area contributed by atoms with Crippen LogP contribution in [0.2, 0.25) is 0 Å². The number of primary amides is 1. The zero-order chi connectivity index (χ0) is 14.9. The van der Waals surface area contributed by atoms with E-state index in [1.165, 1.54) is 0 Å². The van der Waals surface area contributed by atoms with Crippen LogP contribution in [-0.4, -0.2) is 65.3 Å². The minimum absolute atomic E-state index is 0.501. The molecule has 0 fully saturated rings. The highest BCUT2D eigenvalue weighted by Crippen LogP contribution is 1.87. The third-order valence-corrected chi connectivity index (χ3v) is 2.41. The van der Waals surface area contributed by atoms with Crippen LogP contribution in [0.15, 0.2) is 0 Å². The summed E-state index contributed by atoms with van der Waals surface area (Å²) in [7, 11) is 0. The van der Waals surface area contributed by atoms with Crippen molar-refractivity contribution in [2.45, 2.75) is 19.8 Å². The molecule has 0 aliphatic rings. The summed E-state index contributed by atoms with van der Waals surface area (Å²) in [5.74, 6) is 0. The Labute approximate surface area is 121 Å².